The summed E-state index contributed by atoms with van der Waals surface area (Å²) in [6, 6.07) is 0. The van der Waals surface area contributed by atoms with Crippen molar-refractivity contribution < 1.29 is 9.53 Å². The Labute approximate surface area is 88.0 Å². The molecule has 0 aliphatic rings. The molecule has 1 unspecified atom stereocenters. The van der Waals surface area contributed by atoms with Crippen molar-refractivity contribution in [2.24, 2.45) is 11.3 Å². The van der Waals surface area contributed by atoms with Gasteiger partial charge in [0, 0.05) is 0 Å². The Balaban J connectivity index is 3.51. The molecule has 0 fully saturated rings. The maximum atomic E-state index is 11.3. The smallest absolute Gasteiger partial charge is 0.308 e. The summed E-state index contributed by atoms with van der Waals surface area (Å²) in [4.78, 5) is 11.3. The molecule has 2 nitrogen and oxygen atoms in total. The Kier molecular flexibility index (Phi) is 5.82. The van der Waals surface area contributed by atoms with E-state index in [1.54, 1.807) is 0 Å². The Bertz CT molecular complexity index is 168. The molecule has 1 atom stereocenters. The summed E-state index contributed by atoms with van der Waals surface area (Å²) in [6.45, 7) is 11.1. The first-order chi connectivity index (χ1) is 6.37. The summed E-state index contributed by atoms with van der Waals surface area (Å²) in [7, 11) is 0. The first-order valence-corrected chi connectivity index (χ1v) is 5.53. The number of carbonyl (C=O) groups is 1. The molecule has 84 valence electrons. The van der Waals surface area contributed by atoms with E-state index < -0.39 is 0 Å². The minimum atomic E-state index is -0.0543. The van der Waals surface area contributed by atoms with Crippen LogP contribution in [-0.2, 0) is 9.53 Å². The van der Waals surface area contributed by atoms with Crippen molar-refractivity contribution >= 4 is 5.97 Å². The zero-order valence-electron chi connectivity index (χ0n) is 10.2. The van der Waals surface area contributed by atoms with Gasteiger partial charge in [-0.3, -0.25) is 4.79 Å². The van der Waals surface area contributed by atoms with Gasteiger partial charge in [-0.15, -0.1) is 0 Å². The molecular formula is C12H24O2. The molecule has 0 saturated heterocycles. The predicted molar refractivity (Wildman–Crippen MR) is 59.1 cm³/mol. The van der Waals surface area contributed by atoms with Gasteiger partial charge in [-0.1, -0.05) is 34.6 Å². The van der Waals surface area contributed by atoms with Crippen LogP contribution in [0.1, 0.15) is 53.9 Å². The lowest BCUT2D eigenvalue weighted by molar-refractivity contribution is -0.148. The monoisotopic (exact) mass is 200 g/mol. The lowest BCUT2D eigenvalue weighted by Crippen LogP contribution is -2.15. The second-order valence-electron chi connectivity index (χ2n) is 5.14. The highest BCUT2D eigenvalue weighted by molar-refractivity contribution is 5.71. The molecule has 0 heterocycles. The molecule has 0 aliphatic carbocycles. The van der Waals surface area contributed by atoms with Gasteiger partial charge in [0.05, 0.1) is 12.5 Å². The first-order valence-electron chi connectivity index (χ1n) is 5.53. The van der Waals surface area contributed by atoms with Crippen LogP contribution in [0, 0.1) is 11.3 Å². The largest absolute Gasteiger partial charge is 0.465 e. The van der Waals surface area contributed by atoms with Crippen LogP contribution < -0.4 is 0 Å². The van der Waals surface area contributed by atoms with E-state index in [2.05, 4.69) is 20.8 Å². The Hall–Kier alpha value is -0.530. The van der Waals surface area contributed by atoms with Crippen molar-refractivity contribution in [3.8, 4) is 0 Å². The van der Waals surface area contributed by atoms with E-state index in [9.17, 15) is 4.79 Å². The maximum absolute atomic E-state index is 11.3. The zero-order valence-corrected chi connectivity index (χ0v) is 10.2. The van der Waals surface area contributed by atoms with Crippen molar-refractivity contribution in [2.75, 3.05) is 6.61 Å². The summed E-state index contributed by atoms with van der Waals surface area (Å²) >= 11 is 0. The molecule has 0 aromatic heterocycles. The van der Waals surface area contributed by atoms with Crippen molar-refractivity contribution in [3.05, 3.63) is 0 Å². The molecule has 0 rings (SSSR count). The molecule has 0 spiro atoms. The van der Waals surface area contributed by atoms with Gasteiger partial charge in [0.15, 0.2) is 0 Å². The summed E-state index contributed by atoms with van der Waals surface area (Å²) in [5, 5.41) is 0. The van der Waals surface area contributed by atoms with E-state index >= 15 is 0 Å². The third-order valence-corrected chi connectivity index (χ3v) is 2.33. The molecule has 0 amide bonds. The number of hydrogen-bond acceptors (Lipinski definition) is 2. The average molecular weight is 200 g/mol. The lowest BCUT2D eigenvalue weighted by Gasteiger charge is -2.17. The van der Waals surface area contributed by atoms with Gasteiger partial charge in [-0.25, -0.2) is 0 Å². The molecule has 0 radical (unpaired) electrons. The third kappa shape index (κ3) is 6.93. The molecule has 0 bridgehead atoms. The molecule has 0 aromatic rings. The lowest BCUT2D eigenvalue weighted by atomic mass is 9.91. The van der Waals surface area contributed by atoms with E-state index in [0.29, 0.717) is 12.0 Å². The maximum Gasteiger partial charge on any atom is 0.308 e. The van der Waals surface area contributed by atoms with Crippen LogP contribution in [0.15, 0.2) is 0 Å². The van der Waals surface area contributed by atoms with Gasteiger partial charge in [-0.2, -0.15) is 0 Å². The van der Waals surface area contributed by atoms with E-state index in [4.69, 9.17) is 4.74 Å². The van der Waals surface area contributed by atoms with Crippen LogP contribution in [0.2, 0.25) is 0 Å². The fourth-order valence-electron chi connectivity index (χ4n) is 1.08. The van der Waals surface area contributed by atoms with Crippen molar-refractivity contribution in [1.82, 2.24) is 0 Å². The first kappa shape index (κ1) is 13.5. The summed E-state index contributed by atoms with van der Waals surface area (Å²) in [6.07, 6.45) is 2.92. The normalized spacial score (nSPS) is 13.8. The fourth-order valence-corrected chi connectivity index (χ4v) is 1.08. The van der Waals surface area contributed by atoms with Crippen molar-refractivity contribution in [1.29, 1.82) is 0 Å². The number of hydrogen-bond donors (Lipinski definition) is 0. The van der Waals surface area contributed by atoms with Gasteiger partial charge in [0.2, 0.25) is 0 Å². The van der Waals surface area contributed by atoms with Gasteiger partial charge >= 0.3 is 5.97 Å². The number of carbonyl (C=O) groups excluding carboxylic acids is 1. The van der Waals surface area contributed by atoms with Gasteiger partial charge < -0.3 is 4.74 Å². The van der Waals surface area contributed by atoms with Crippen LogP contribution in [-0.4, -0.2) is 12.6 Å². The third-order valence-electron chi connectivity index (χ3n) is 2.33. The minimum Gasteiger partial charge on any atom is -0.465 e. The van der Waals surface area contributed by atoms with Crippen LogP contribution in [0.25, 0.3) is 0 Å². The Morgan fingerprint density at radius 3 is 2.36 bits per heavy atom. The summed E-state index contributed by atoms with van der Waals surface area (Å²) < 4.78 is 5.15. The van der Waals surface area contributed by atoms with Gasteiger partial charge in [0.25, 0.3) is 0 Å². The average Bonchev–Trinajstić information content (AvgIpc) is 2.09. The van der Waals surface area contributed by atoms with Crippen LogP contribution in [0.5, 0.6) is 0 Å². The van der Waals surface area contributed by atoms with Gasteiger partial charge in [-0.05, 0) is 24.7 Å². The topological polar surface area (TPSA) is 26.3 Å². The highest BCUT2D eigenvalue weighted by Gasteiger charge is 2.13. The molecular weight excluding hydrogens is 176 g/mol. The van der Waals surface area contributed by atoms with Crippen LogP contribution in [0.3, 0.4) is 0 Å². The standard InChI is InChI=1S/C12H24O2/c1-6-10(2)11(13)14-9-7-8-12(3,4)5/h10H,6-9H2,1-5H3. The molecule has 0 aliphatic heterocycles. The van der Waals surface area contributed by atoms with E-state index in [0.717, 1.165) is 19.3 Å². The Morgan fingerprint density at radius 1 is 1.36 bits per heavy atom. The number of ether oxygens (including phenoxy) is 1. The highest BCUT2D eigenvalue weighted by atomic mass is 16.5. The molecule has 2 heteroatoms. The predicted octanol–water partition coefficient (Wildman–Crippen LogP) is 3.40. The fraction of sp³-hybridized carbons (Fsp3) is 0.917. The summed E-state index contributed by atoms with van der Waals surface area (Å²) in [5.41, 5.74) is 0.336. The molecule has 0 N–H and O–H groups in total. The summed E-state index contributed by atoms with van der Waals surface area (Å²) in [5.74, 6) is -0.00829. The van der Waals surface area contributed by atoms with Gasteiger partial charge in [0.1, 0.15) is 0 Å². The van der Waals surface area contributed by atoms with Crippen LogP contribution >= 0.6 is 0 Å². The quantitative estimate of drug-likeness (QED) is 0.502. The zero-order chi connectivity index (χ0) is 11.2. The molecule has 0 saturated carbocycles. The van der Waals surface area contributed by atoms with Crippen molar-refractivity contribution in [2.45, 2.75) is 53.9 Å². The Morgan fingerprint density at radius 2 is 1.93 bits per heavy atom. The SMILES string of the molecule is CCC(C)C(=O)OCCCC(C)(C)C. The number of rotatable bonds is 5. The highest BCUT2D eigenvalue weighted by Crippen LogP contribution is 2.20. The van der Waals surface area contributed by atoms with Crippen LogP contribution in [0.4, 0.5) is 0 Å². The number of esters is 1. The second-order valence-corrected chi connectivity index (χ2v) is 5.14. The van der Waals surface area contributed by atoms with E-state index in [1.165, 1.54) is 0 Å². The van der Waals surface area contributed by atoms with Crippen molar-refractivity contribution in [3.63, 3.8) is 0 Å². The minimum absolute atomic E-state index is 0.0460. The van der Waals surface area contributed by atoms with E-state index in [1.807, 2.05) is 13.8 Å². The second kappa shape index (κ2) is 6.05. The molecule has 0 aromatic carbocycles. The molecule has 14 heavy (non-hydrogen) atoms. The van der Waals surface area contributed by atoms with E-state index in [-0.39, 0.29) is 11.9 Å².